The van der Waals surface area contributed by atoms with Gasteiger partial charge >= 0.3 is 5.97 Å². The smallest absolute Gasteiger partial charge is 0.339 e. The zero-order chi connectivity index (χ0) is 19.1. The summed E-state index contributed by atoms with van der Waals surface area (Å²) in [7, 11) is 1.25. The molecule has 0 aliphatic carbocycles. The van der Waals surface area contributed by atoms with E-state index in [4.69, 9.17) is 11.6 Å². The highest BCUT2D eigenvalue weighted by atomic mass is 35.5. The zero-order valence-electron chi connectivity index (χ0n) is 14.4. The van der Waals surface area contributed by atoms with Gasteiger partial charge in [0.05, 0.1) is 30.2 Å². The van der Waals surface area contributed by atoms with Gasteiger partial charge in [-0.25, -0.2) is 4.79 Å². The van der Waals surface area contributed by atoms with E-state index >= 15 is 0 Å². The summed E-state index contributed by atoms with van der Waals surface area (Å²) >= 11 is 5.97. The third kappa shape index (κ3) is 5.32. The normalized spacial score (nSPS) is 11.3. The Morgan fingerprint density at radius 2 is 1.81 bits per heavy atom. The molecule has 0 aliphatic heterocycles. The van der Waals surface area contributed by atoms with Crippen molar-refractivity contribution in [3.8, 4) is 0 Å². The molecular weight excluding hydrogens is 356 g/mol. The van der Waals surface area contributed by atoms with Crippen LogP contribution < -0.4 is 10.6 Å². The van der Waals surface area contributed by atoms with Crippen LogP contribution in [-0.4, -0.2) is 24.9 Å². The number of carbonyl (C=O) groups excluding carboxylic acids is 3. The molecule has 2 rings (SSSR count). The molecule has 1 unspecified atom stereocenters. The van der Waals surface area contributed by atoms with Gasteiger partial charge in [-0.05, 0) is 23.8 Å². The van der Waals surface area contributed by atoms with Gasteiger partial charge in [-0.1, -0.05) is 41.9 Å². The van der Waals surface area contributed by atoms with Crippen molar-refractivity contribution in [3.05, 3.63) is 64.7 Å². The molecule has 2 N–H and O–H groups in total. The van der Waals surface area contributed by atoms with E-state index in [9.17, 15) is 14.4 Å². The Morgan fingerprint density at radius 1 is 1.12 bits per heavy atom. The van der Waals surface area contributed by atoms with E-state index in [0.29, 0.717) is 5.69 Å². The number of amides is 2. The topological polar surface area (TPSA) is 84.5 Å². The quantitative estimate of drug-likeness (QED) is 0.759. The highest BCUT2D eigenvalue weighted by Gasteiger charge is 2.18. The molecule has 2 aromatic rings. The second-order valence-electron chi connectivity index (χ2n) is 5.60. The van der Waals surface area contributed by atoms with Gasteiger partial charge in [0.1, 0.15) is 0 Å². The molecule has 2 amide bonds. The highest BCUT2D eigenvalue weighted by Crippen LogP contribution is 2.23. The summed E-state index contributed by atoms with van der Waals surface area (Å²) < 4.78 is 4.66. The number of carbonyl (C=O) groups is 3. The Morgan fingerprint density at radius 3 is 2.42 bits per heavy atom. The van der Waals surface area contributed by atoms with Gasteiger partial charge in [0.15, 0.2) is 0 Å². The first kappa shape index (κ1) is 19.5. The van der Waals surface area contributed by atoms with Crippen molar-refractivity contribution in [2.45, 2.75) is 19.4 Å². The molecule has 0 aliphatic rings. The molecule has 136 valence electrons. The Hall–Kier alpha value is -2.86. The minimum absolute atomic E-state index is 0.0414. The molecule has 2 aromatic carbocycles. The van der Waals surface area contributed by atoms with E-state index in [1.807, 2.05) is 30.3 Å². The lowest BCUT2D eigenvalue weighted by Gasteiger charge is -2.18. The number of hydrogen-bond acceptors (Lipinski definition) is 4. The van der Waals surface area contributed by atoms with Crippen LogP contribution in [0.15, 0.2) is 48.5 Å². The van der Waals surface area contributed by atoms with Crippen LogP contribution in [0.1, 0.15) is 35.3 Å². The number of benzene rings is 2. The second-order valence-corrected chi connectivity index (χ2v) is 6.01. The third-order valence-electron chi connectivity index (χ3n) is 3.62. The van der Waals surface area contributed by atoms with Gasteiger partial charge in [-0.2, -0.15) is 0 Å². The van der Waals surface area contributed by atoms with Gasteiger partial charge in [0.25, 0.3) is 0 Å². The number of anilines is 1. The maximum Gasteiger partial charge on any atom is 0.339 e. The van der Waals surface area contributed by atoms with Gasteiger partial charge < -0.3 is 15.4 Å². The molecule has 0 bridgehead atoms. The van der Waals surface area contributed by atoms with Crippen LogP contribution in [-0.2, 0) is 14.3 Å². The summed E-state index contributed by atoms with van der Waals surface area (Å²) in [6, 6.07) is 13.3. The molecule has 26 heavy (non-hydrogen) atoms. The SMILES string of the molecule is COC(=O)c1cc(NC(=O)CC(NC(C)=O)c2ccccc2)ccc1Cl. The van der Waals surface area contributed by atoms with E-state index in [1.165, 1.54) is 26.2 Å². The van der Waals surface area contributed by atoms with Crippen LogP contribution in [0.3, 0.4) is 0 Å². The van der Waals surface area contributed by atoms with E-state index < -0.39 is 12.0 Å². The number of rotatable bonds is 6. The molecule has 0 saturated carbocycles. The van der Waals surface area contributed by atoms with Crippen LogP contribution in [0, 0.1) is 0 Å². The monoisotopic (exact) mass is 374 g/mol. The molecule has 0 heterocycles. The Kier molecular flexibility index (Phi) is 6.74. The Labute approximate surface area is 156 Å². The van der Waals surface area contributed by atoms with Crippen molar-refractivity contribution in [1.82, 2.24) is 5.32 Å². The largest absolute Gasteiger partial charge is 0.465 e. The van der Waals surface area contributed by atoms with Crippen molar-refractivity contribution in [2.24, 2.45) is 0 Å². The van der Waals surface area contributed by atoms with Crippen molar-refractivity contribution in [3.63, 3.8) is 0 Å². The van der Waals surface area contributed by atoms with Crippen molar-refractivity contribution >= 4 is 35.1 Å². The standard InChI is InChI=1S/C19H19ClN2O4/c1-12(23)21-17(13-6-4-3-5-7-13)11-18(24)22-14-8-9-16(20)15(10-14)19(25)26-2/h3-10,17H,11H2,1-2H3,(H,21,23)(H,22,24). The number of nitrogens with one attached hydrogen (secondary N) is 2. The molecule has 0 fully saturated rings. The maximum atomic E-state index is 12.4. The summed E-state index contributed by atoms with van der Waals surface area (Å²) in [5.41, 5.74) is 1.40. The molecule has 0 aromatic heterocycles. The highest BCUT2D eigenvalue weighted by molar-refractivity contribution is 6.33. The fraction of sp³-hybridized carbons (Fsp3) is 0.211. The first-order valence-electron chi connectivity index (χ1n) is 7.90. The van der Waals surface area contributed by atoms with E-state index in [0.717, 1.165) is 5.56 Å². The lowest BCUT2D eigenvalue weighted by atomic mass is 10.0. The minimum atomic E-state index is -0.591. The molecule has 7 heteroatoms. The number of methoxy groups -OCH3 is 1. The van der Waals surface area contributed by atoms with Crippen molar-refractivity contribution in [2.75, 3.05) is 12.4 Å². The van der Waals surface area contributed by atoms with E-state index in [-0.39, 0.29) is 28.8 Å². The average molecular weight is 375 g/mol. The Bertz CT molecular complexity index is 808. The number of halogens is 1. The number of esters is 1. The Balaban J connectivity index is 2.13. The molecule has 0 spiro atoms. The maximum absolute atomic E-state index is 12.4. The predicted molar refractivity (Wildman–Crippen MR) is 99.0 cm³/mol. The van der Waals surface area contributed by atoms with Crippen molar-refractivity contribution < 1.29 is 19.1 Å². The van der Waals surface area contributed by atoms with Crippen LogP contribution >= 0.6 is 11.6 Å². The zero-order valence-corrected chi connectivity index (χ0v) is 15.2. The minimum Gasteiger partial charge on any atom is -0.465 e. The first-order chi connectivity index (χ1) is 12.4. The first-order valence-corrected chi connectivity index (χ1v) is 8.28. The van der Waals surface area contributed by atoms with E-state index in [1.54, 1.807) is 6.07 Å². The lowest BCUT2D eigenvalue weighted by Crippen LogP contribution is -2.29. The molecule has 1 atom stereocenters. The van der Waals surface area contributed by atoms with Gasteiger partial charge in [0.2, 0.25) is 11.8 Å². The fourth-order valence-electron chi connectivity index (χ4n) is 2.45. The second kappa shape index (κ2) is 9.01. The van der Waals surface area contributed by atoms with Crippen LogP contribution in [0.2, 0.25) is 5.02 Å². The van der Waals surface area contributed by atoms with Gasteiger partial charge in [-0.15, -0.1) is 0 Å². The summed E-state index contributed by atoms with van der Waals surface area (Å²) in [6.07, 6.45) is 0.0414. The molecule has 0 saturated heterocycles. The predicted octanol–water partition coefficient (Wildman–Crippen LogP) is 3.33. The summed E-state index contributed by atoms with van der Waals surface area (Å²) in [4.78, 5) is 35.5. The lowest BCUT2D eigenvalue weighted by molar-refractivity contribution is -0.120. The summed E-state index contributed by atoms with van der Waals surface area (Å²) in [6.45, 7) is 1.40. The van der Waals surface area contributed by atoms with Crippen LogP contribution in [0.25, 0.3) is 0 Å². The van der Waals surface area contributed by atoms with E-state index in [2.05, 4.69) is 15.4 Å². The number of ether oxygens (including phenoxy) is 1. The fourth-order valence-corrected chi connectivity index (χ4v) is 2.64. The molecular formula is C19H19ClN2O4. The van der Waals surface area contributed by atoms with Gasteiger partial charge in [0, 0.05) is 12.6 Å². The van der Waals surface area contributed by atoms with Crippen molar-refractivity contribution in [1.29, 1.82) is 0 Å². The van der Waals surface area contributed by atoms with Crippen LogP contribution in [0.4, 0.5) is 5.69 Å². The third-order valence-corrected chi connectivity index (χ3v) is 3.95. The number of hydrogen-bond donors (Lipinski definition) is 2. The molecule has 6 nitrogen and oxygen atoms in total. The molecule has 0 radical (unpaired) electrons. The van der Waals surface area contributed by atoms with Crippen LogP contribution in [0.5, 0.6) is 0 Å². The summed E-state index contributed by atoms with van der Waals surface area (Å²) in [5, 5.41) is 5.70. The average Bonchev–Trinajstić information content (AvgIpc) is 2.62. The van der Waals surface area contributed by atoms with Gasteiger partial charge in [-0.3, -0.25) is 9.59 Å². The summed E-state index contributed by atoms with van der Waals surface area (Å²) in [5.74, 6) is -1.14.